The second-order valence-corrected chi connectivity index (χ2v) is 3.65. The van der Waals surface area contributed by atoms with Crippen LogP contribution < -0.4 is 5.32 Å². The fourth-order valence-corrected chi connectivity index (χ4v) is 1.53. The Morgan fingerprint density at radius 2 is 2.06 bits per heavy atom. The van der Waals surface area contributed by atoms with E-state index >= 15 is 0 Å². The predicted molar refractivity (Wildman–Crippen MR) is 55.8 cm³/mol. The molecule has 6 atom stereocenters. The van der Waals surface area contributed by atoms with Gasteiger partial charge in [0.25, 0.3) is 0 Å². The third kappa shape index (κ3) is 2.84. The van der Waals surface area contributed by atoms with E-state index in [1.54, 1.807) is 0 Å². The lowest BCUT2D eigenvalue weighted by Crippen LogP contribution is -2.64. The lowest BCUT2D eigenvalue weighted by atomic mass is 9.97. The summed E-state index contributed by atoms with van der Waals surface area (Å²) in [5.74, 6) is -0.838. The zero-order chi connectivity index (χ0) is 13.2. The van der Waals surface area contributed by atoms with Crippen LogP contribution in [0.15, 0.2) is 0 Å². The van der Waals surface area contributed by atoms with E-state index < -0.39 is 48.9 Å². The maximum atomic E-state index is 11.2. The van der Waals surface area contributed by atoms with Crippen LogP contribution in [0, 0.1) is 0 Å². The molecule has 7 nitrogen and oxygen atoms in total. The first-order valence-electron chi connectivity index (χ1n) is 5.17. The first kappa shape index (κ1) is 12.1. The summed E-state index contributed by atoms with van der Waals surface area (Å²) in [5.41, 5.74) is -1.37. The molecule has 0 spiro atoms. The van der Waals surface area contributed by atoms with Gasteiger partial charge in [-0.3, -0.25) is 4.79 Å². The molecule has 16 heavy (non-hydrogen) atoms. The van der Waals surface area contributed by atoms with Gasteiger partial charge in [-0.25, -0.2) is 0 Å². The second kappa shape index (κ2) is 5.80. The maximum Gasteiger partial charge on any atom is 0.230 e. The van der Waals surface area contributed by atoms with Gasteiger partial charge in [0, 0.05) is 1.37 Å². The number of thiol groups is 1. The predicted octanol–water partition coefficient (Wildman–Crippen LogP) is -3.17. The van der Waals surface area contributed by atoms with Gasteiger partial charge in [0.1, 0.15) is 24.4 Å². The Kier molecular flexibility index (Phi) is 4.38. The van der Waals surface area contributed by atoms with Crippen molar-refractivity contribution in [2.24, 2.45) is 0 Å². The molecule has 94 valence electrons. The minimum absolute atomic E-state index is 0.580. The quantitative estimate of drug-likeness (QED) is 0.296. The van der Waals surface area contributed by atoms with Gasteiger partial charge in [-0.2, -0.15) is 12.6 Å². The van der Waals surface area contributed by atoms with Gasteiger partial charge < -0.3 is 30.5 Å². The van der Waals surface area contributed by atoms with Crippen LogP contribution >= 0.6 is 12.6 Å². The number of ether oxygens (including phenoxy) is 1. The van der Waals surface area contributed by atoms with Crippen LogP contribution in [0.1, 0.15) is 1.37 Å². The van der Waals surface area contributed by atoms with E-state index in [1.165, 1.54) is 0 Å². The third-order valence-corrected chi connectivity index (χ3v) is 2.56. The minimum atomic E-state index is -1.58. The minimum Gasteiger partial charge on any atom is -0.394 e. The molecule has 0 saturated carbocycles. The molecular formula is C8H15NO6S. The van der Waals surface area contributed by atoms with E-state index in [-0.39, 0.29) is 0 Å². The number of amides is 1. The maximum absolute atomic E-state index is 11.2. The Labute approximate surface area is 98.8 Å². The van der Waals surface area contributed by atoms with E-state index in [2.05, 4.69) is 17.9 Å². The van der Waals surface area contributed by atoms with Crippen molar-refractivity contribution in [2.45, 2.75) is 30.6 Å². The van der Waals surface area contributed by atoms with Crippen molar-refractivity contribution in [1.82, 2.24) is 5.32 Å². The zero-order valence-electron chi connectivity index (χ0n) is 9.22. The number of hydrogen-bond donors (Lipinski definition) is 6. The molecular weight excluding hydrogens is 238 g/mol. The number of aliphatic hydroxyl groups excluding tert-OH is 4. The van der Waals surface area contributed by atoms with Crippen molar-refractivity contribution >= 4 is 18.5 Å². The van der Waals surface area contributed by atoms with Gasteiger partial charge in [0.2, 0.25) is 5.91 Å². The molecule has 2 unspecified atom stereocenters. The standard InChI is InChI=1S/C8H15NO6S/c10-1-3-6(12)7(13)5(8(14)15-3)9-4(11)2-16/h3,5-8,10,12-14,16H,1-2H2,(H,9,11)/t3-,5-,6+,7-,8?/m1/s1/i2D/t2?,3-,5-,6+,7-,8?. The van der Waals surface area contributed by atoms with Crippen molar-refractivity contribution in [3.05, 3.63) is 0 Å². The normalized spacial score (nSPS) is 42.3. The fourth-order valence-electron chi connectivity index (χ4n) is 1.45. The summed E-state index contributed by atoms with van der Waals surface area (Å²) in [6, 6.07) is -1.28. The Balaban J connectivity index is 2.69. The highest BCUT2D eigenvalue weighted by atomic mass is 32.1. The summed E-state index contributed by atoms with van der Waals surface area (Å²) in [6.45, 7) is -0.580. The monoisotopic (exact) mass is 254 g/mol. The molecule has 0 aliphatic carbocycles. The van der Waals surface area contributed by atoms with Crippen molar-refractivity contribution in [3.63, 3.8) is 0 Å². The van der Waals surface area contributed by atoms with Crippen molar-refractivity contribution < 1.29 is 31.3 Å². The summed E-state index contributed by atoms with van der Waals surface area (Å²) in [4.78, 5) is 11.2. The zero-order valence-corrected chi connectivity index (χ0v) is 9.12. The van der Waals surface area contributed by atoms with E-state index in [0.717, 1.165) is 0 Å². The Morgan fingerprint density at radius 3 is 2.56 bits per heavy atom. The Bertz CT molecular complexity index is 281. The molecule has 5 N–H and O–H groups in total. The number of rotatable bonds is 3. The summed E-state index contributed by atoms with van der Waals surface area (Å²) in [6.07, 6.45) is -5.66. The molecule has 0 aromatic rings. The average Bonchev–Trinajstić information content (AvgIpc) is 2.28. The van der Waals surface area contributed by atoms with Crippen LogP contribution in [-0.2, 0) is 9.53 Å². The van der Waals surface area contributed by atoms with Crippen LogP contribution in [-0.4, -0.2) is 69.3 Å². The molecule has 1 saturated heterocycles. The van der Waals surface area contributed by atoms with Crippen LogP contribution in [0.25, 0.3) is 0 Å². The van der Waals surface area contributed by atoms with Gasteiger partial charge >= 0.3 is 0 Å². The van der Waals surface area contributed by atoms with Crippen LogP contribution in [0.3, 0.4) is 0 Å². The van der Waals surface area contributed by atoms with Crippen LogP contribution in [0.2, 0.25) is 0 Å². The highest BCUT2D eigenvalue weighted by Gasteiger charge is 2.44. The van der Waals surface area contributed by atoms with Crippen LogP contribution in [0.5, 0.6) is 0 Å². The van der Waals surface area contributed by atoms with Gasteiger partial charge in [-0.1, -0.05) is 0 Å². The first-order chi connectivity index (χ1) is 7.88. The van der Waals surface area contributed by atoms with Gasteiger partial charge in [-0.05, 0) is 0 Å². The second-order valence-electron chi connectivity index (χ2n) is 3.39. The number of carbonyl (C=O) groups excluding carboxylic acids is 1. The largest absolute Gasteiger partial charge is 0.394 e. The summed E-state index contributed by atoms with van der Waals surface area (Å²) in [5, 5.41) is 39.6. The van der Waals surface area contributed by atoms with Gasteiger partial charge in [-0.15, -0.1) is 0 Å². The van der Waals surface area contributed by atoms with Crippen molar-refractivity contribution in [3.8, 4) is 0 Å². The SMILES string of the molecule is [2H]C(S)C(=O)N[C@H]1C(O)O[C@H](CO)[C@H](O)[C@@H]1O. The van der Waals surface area contributed by atoms with E-state index in [4.69, 9.17) is 11.2 Å². The van der Waals surface area contributed by atoms with Crippen molar-refractivity contribution in [1.29, 1.82) is 0 Å². The molecule has 8 heteroatoms. The summed E-state index contributed by atoms with van der Waals surface area (Å²) in [7, 11) is 0. The molecule has 1 fully saturated rings. The topological polar surface area (TPSA) is 119 Å². The average molecular weight is 254 g/mol. The summed E-state index contributed by atoms with van der Waals surface area (Å²) < 4.78 is 11.8. The van der Waals surface area contributed by atoms with Gasteiger partial charge in [0.05, 0.1) is 12.3 Å². The molecule has 0 aromatic heterocycles. The molecule has 1 amide bonds. The molecule has 1 heterocycles. The van der Waals surface area contributed by atoms with Crippen molar-refractivity contribution in [2.75, 3.05) is 12.3 Å². The number of carbonyl (C=O) groups is 1. The molecule has 1 rings (SSSR count). The number of aliphatic hydroxyl groups is 4. The van der Waals surface area contributed by atoms with E-state index in [1.807, 2.05) is 0 Å². The molecule has 0 bridgehead atoms. The van der Waals surface area contributed by atoms with Crippen LogP contribution in [0.4, 0.5) is 0 Å². The summed E-state index contributed by atoms with van der Waals surface area (Å²) >= 11 is 3.56. The lowest BCUT2D eigenvalue weighted by molar-refractivity contribution is -0.253. The lowest BCUT2D eigenvalue weighted by Gasteiger charge is -2.40. The number of hydrogen-bond acceptors (Lipinski definition) is 7. The first-order valence-corrected chi connectivity index (χ1v) is 5.11. The van der Waals surface area contributed by atoms with Gasteiger partial charge in [0.15, 0.2) is 6.29 Å². The highest BCUT2D eigenvalue weighted by molar-refractivity contribution is 7.81. The Hall–Kier alpha value is -0.380. The Morgan fingerprint density at radius 1 is 1.44 bits per heavy atom. The van der Waals surface area contributed by atoms with E-state index in [0.29, 0.717) is 0 Å². The molecule has 0 aromatic carbocycles. The molecule has 1 aliphatic heterocycles. The smallest absolute Gasteiger partial charge is 0.230 e. The number of nitrogens with one attached hydrogen (secondary N) is 1. The molecule has 1 aliphatic rings. The fraction of sp³-hybridized carbons (Fsp3) is 0.875. The van der Waals surface area contributed by atoms with E-state index in [9.17, 15) is 20.1 Å². The highest BCUT2D eigenvalue weighted by Crippen LogP contribution is 2.19. The third-order valence-electron chi connectivity index (χ3n) is 2.33. The molecule has 0 radical (unpaired) electrons.